The highest BCUT2D eigenvalue weighted by Crippen LogP contribution is 2.46. The summed E-state index contributed by atoms with van der Waals surface area (Å²) in [5, 5.41) is 21.3. The van der Waals surface area contributed by atoms with E-state index >= 15 is 0 Å². The van der Waals surface area contributed by atoms with Crippen molar-refractivity contribution < 1.29 is 38.6 Å². The molecule has 2 atom stereocenters. The van der Waals surface area contributed by atoms with Crippen LogP contribution in [0.2, 0.25) is 0 Å². The van der Waals surface area contributed by atoms with Crippen LogP contribution in [0, 0.1) is 0 Å². The third-order valence-electron chi connectivity index (χ3n) is 6.55. The van der Waals surface area contributed by atoms with Crippen LogP contribution in [-0.4, -0.2) is 51.9 Å². The summed E-state index contributed by atoms with van der Waals surface area (Å²) in [6, 6.07) is 16.4. The second-order valence-corrected chi connectivity index (χ2v) is 8.90. The average Bonchev–Trinajstić information content (AvgIpc) is 2.93. The second kappa shape index (κ2) is 12.8. The van der Waals surface area contributed by atoms with Gasteiger partial charge in [-0.25, -0.2) is 0 Å². The van der Waals surface area contributed by atoms with Crippen molar-refractivity contribution in [3.63, 3.8) is 0 Å². The average molecular weight is 511 g/mol. The summed E-state index contributed by atoms with van der Waals surface area (Å²) in [6.07, 6.45) is 1.40. The minimum absolute atomic E-state index is 0.0180. The van der Waals surface area contributed by atoms with Crippen molar-refractivity contribution >= 4 is 0 Å². The van der Waals surface area contributed by atoms with Crippen LogP contribution in [0.15, 0.2) is 54.6 Å². The molecule has 2 unspecified atom stereocenters. The molecular weight excluding hydrogens is 476 g/mol. The Labute approximate surface area is 217 Å². The van der Waals surface area contributed by atoms with Crippen molar-refractivity contribution in [2.75, 3.05) is 41.7 Å². The van der Waals surface area contributed by atoms with Gasteiger partial charge in [0.05, 0.1) is 0 Å². The van der Waals surface area contributed by atoms with E-state index in [1.54, 1.807) is 51.7 Å². The summed E-state index contributed by atoms with van der Waals surface area (Å²) in [5.41, 5.74) is 4.52. The highest BCUT2D eigenvalue weighted by molar-refractivity contribution is 5.57. The zero-order chi connectivity index (χ0) is 26.2. The molecule has 0 fully saturated rings. The topological polar surface area (TPSA) is 95.8 Å². The zero-order valence-corrected chi connectivity index (χ0v) is 21.4. The molecule has 0 saturated carbocycles. The molecule has 8 nitrogen and oxygen atoms in total. The van der Waals surface area contributed by atoms with Gasteiger partial charge in [0.15, 0.2) is 20.4 Å². The number of aromatic hydroxyl groups is 1. The molecule has 3 aromatic carbocycles. The lowest BCUT2D eigenvalue weighted by atomic mass is 9.76. The number of hydrogen-bond donors (Lipinski definition) is 2. The Hall–Kier alpha value is -3.30. The molecule has 3 aromatic rings. The predicted molar refractivity (Wildman–Crippen MR) is 137 cm³/mol. The van der Waals surface area contributed by atoms with E-state index in [0.29, 0.717) is 29.0 Å². The van der Waals surface area contributed by atoms with Gasteiger partial charge in [-0.3, -0.25) is 0 Å². The van der Waals surface area contributed by atoms with Gasteiger partial charge >= 0.3 is 0 Å². The van der Waals surface area contributed by atoms with Crippen LogP contribution >= 0.6 is 0 Å². The highest BCUT2D eigenvalue weighted by Gasteiger charge is 2.31. The highest BCUT2D eigenvalue weighted by atomic mass is 16.7. The van der Waals surface area contributed by atoms with Crippen LogP contribution in [0.1, 0.15) is 46.3 Å². The first kappa shape index (κ1) is 26.8. The van der Waals surface area contributed by atoms with E-state index in [4.69, 9.17) is 28.4 Å². The quantitative estimate of drug-likeness (QED) is 0.339. The first-order valence-electron chi connectivity index (χ1n) is 12.2. The molecule has 0 aliphatic heterocycles. The van der Waals surface area contributed by atoms with Crippen LogP contribution in [0.25, 0.3) is 0 Å². The summed E-state index contributed by atoms with van der Waals surface area (Å²) >= 11 is 0. The number of ether oxygens (including phenoxy) is 6. The molecule has 37 heavy (non-hydrogen) atoms. The Morgan fingerprint density at radius 1 is 0.784 bits per heavy atom. The van der Waals surface area contributed by atoms with E-state index in [1.165, 1.54) is 5.56 Å². The molecule has 0 aromatic heterocycles. The van der Waals surface area contributed by atoms with Gasteiger partial charge in [0.1, 0.15) is 29.1 Å². The normalized spacial score (nSPS) is 15.6. The lowest BCUT2D eigenvalue weighted by Gasteiger charge is -2.31. The van der Waals surface area contributed by atoms with Crippen molar-refractivity contribution in [2.24, 2.45) is 0 Å². The molecule has 0 bridgehead atoms. The third-order valence-corrected chi connectivity index (χ3v) is 6.55. The van der Waals surface area contributed by atoms with Gasteiger partial charge in [-0.05, 0) is 71.7 Å². The van der Waals surface area contributed by atoms with Gasteiger partial charge in [0, 0.05) is 33.0 Å². The van der Waals surface area contributed by atoms with E-state index < -0.39 is 6.10 Å². The molecule has 1 aliphatic rings. The Bertz CT molecular complexity index is 1140. The maximum absolute atomic E-state index is 11.6. The minimum Gasteiger partial charge on any atom is -0.508 e. The van der Waals surface area contributed by atoms with Crippen LogP contribution in [-0.2, 0) is 27.1 Å². The zero-order valence-electron chi connectivity index (χ0n) is 21.4. The number of methoxy groups -OCH3 is 3. The van der Waals surface area contributed by atoms with Crippen molar-refractivity contribution in [3.8, 4) is 23.0 Å². The Balaban J connectivity index is 1.76. The van der Waals surface area contributed by atoms with Gasteiger partial charge in [0.2, 0.25) is 0 Å². The first-order valence-corrected chi connectivity index (χ1v) is 12.2. The van der Waals surface area contributed by atoms with Crippen LogP contribution in [0.5, 0.6) is 23.0 Å². The molecule has 0 heterocycles. The van der Waals surface area contributed by atoms with Crippen LogP contribution in [0.4, 0.5) is 0 Å². The number of rotatable bonds is 12. The lowest BCUT2D eigenvalue weighted by Crippen LogP contribution is -2.20. The van der Waals surface area contributed by atoms with Crippen molar-refractivity contribution in [3.05, 3.63) is 82.4 Å². The number of aliphatic hydroxyl groups is 1. The second-order valence-electron chi connectivity index (χ2n) is 8.90. The maximum Gasteiger partial charge on any atom is 0.188 e. The summed E-state index contributed by atoms with van der Waals surface area (Å²) in [6.45, 7) is 0.315. The van der Waals surface area contributed by atoms with E-state index in [9.17, 15) is 10.2 Å². The fraction of sp³-hybridized carbons (Fsp3) is 0.379. The van der Waals surface area contributed by atoms with Crippen molar-refractivity contribution in [1.29, 1.82) is 0 Å². The van der Waals surface area contributed by atoms with Gasteiger partial charge in [0.25, 0.3) is 0 Å². The molecule has 4 rings (SSSR count). The van der Waals surface area contributed by atoms with Gasteiger partial charge < -0.3 is 38.6 Å². The Kier molecular flexibility index (Phi) is 9.24. The molecule has 0 saturated heterocycles. The molecule has 0 amide bonds. The summed E-state index contributed by atoms with van der Waals surface area (Å²) in [5.74, 6) is 2.26. The SMILES string of the molecule is COCOc1ccc(C2CCc3c(OCOC)cc(OCOC)c(C(O)c4ccc(O)cc4)c3C2)cc1. The van der Waals surface area contributed by atoms with Crippen molar-refractivity contribution in [1.82, 2.24) is 0 Å². The van der Waals surface area contributed by atoms with Crippen LogP contribution < -0.4 is 14.2 Å². The number of fused-ring (bicyclic) bond motifs is 1. The molecule has 2 N–H and O–H groups in total. The molecule has 1 aliphatic carbocycles. The summed E-state index contributed by atoms with van der Waals surface area (Å²) in [4.78, 5) is 0. The number of hydrogen-bond acceptors (Lipinski definition) is 8. The van der Waals surface area contributed by atoms with Gasteiger partial charge in [-0.2, -0.15) is 0 Å². The van der Waals surface area contributed by atoms with Gasteiger partial charge in [-0.15, -0.1) is 0 Å². The fourth-order valence-corrected chi connectivity index (χ4v) is 4.78. The largest absolute Gasteiger partial charge is 0.508 e. The fourth-order valence-electron chi connectivity index (χ4n) is 4.78. The molecule has 8 heteroatoms. The maximum atomic E-state index is 11.6. The Morgan fingerprint density at radius 3 is 2.05 bits per heavy atom. The predicted octanol–water partition coefficient (Wildman–Crippen LogP) is 4.69. The molecule has 0 radical (unpaired) electrons. The summed E-state index contributed by atoms with van der Waals surface area (Å²) in [7, 11) is 4.72. The van der Waals surface area contributed by atoms with E-state index in [0.717, 1.165) is 29.7 Å². The number of phenols is 1. The monoisotopic (exact) mass is 510 g/mol. The smallest absolute Gasteiger partial charge is 0.188 e. The number of benzene rings is 3. The van der Waals surface area contributed by atoms with E-state index in [1.807, 2.05) is 12.1 Å². The lowest BCUT2D eigenvalue weighted by molar-refractivity contribution is 0.0437. The van der Waals surface area contributed by atoms with E-state index in [-0.39, 0.29) is 32.0 Å². The molecular formula is C29H34O8. The minimum atomic E-state index is -0.971. The first-order chi connectivity index (χ1) is 18.0. The van der Waals surface area contributed by atoms with Crippen molar-refractivity contribution in [2.45, 2.75) is 31.3 Å². The van der Waals surface area contributed by atoms with E-state index in [2.05, 4.69) is 12.1 Å². The Morgan fingerprint density at radius 2 is 1.41 bits per heavy atom. The third kappa shape index (κ3) is 6.34. The molecule has 0 spiro atoms. The van der Waals surface area contributed by atoms with Gasteiger partial charge in [-0.1, -0.05) is 24.3 Å². The number of aliphatic hydroxyl groups excluding tert-OH is 1. The standard InChI is InChI=1S/C29H34O8/c1-32-16-35-23-11-6-19(7-12-23)21-8-13-24-25(14-21)28(29(31)20-4-9-22(30)10-5-20)27(37-18-34-3)15-26(24)36-17-33-2/h4-7,9-12,15,21,29-31H,8,13-14,16-18H2,1-3H3. The number of phenolic OH excluding ortho intramolecular Hbond substituents is 1. The van der Waals surface area contributed by atoms with Crippen LogP contribution in [0.3, 0.4) is 0 Å². The summed E-state index contributed by atoms with van der Waals surface area (Å²) < 4.78 is 32.8. The molecule has 198 valence electrons.